The van der Waals surface area contributed by atoms with Crippen molar-refractivity contribution in [2.45, 2.75) is 24.2 Å². The molecule has 26 heavy (non-hydrogen) atoms. The molecule has 140 valence electrons. The van der Waals surface area contributed by atoms with E-state index >= 15 is 0 Å². The molecule has 0 atom stereocenters. The molecule has 4 N–H and O–H groups in total. The molecule has 0 bridgehead atoms. The van der Waals surface area contributed by atoms with Gasteiger partial charge in [0.25, 0.3) is 0 Å². The van der Waals surface area contributed by atoms with Crippen LogP contribution in [0.15, 0.2) is 52.4 Å². The van der Waals surface area contributed by atoms with Crippen LogP contribution in [0.2, 0.25) is 0 Å². The van der Waals surface area contributed by atoms with Crippen molar-refractivity contribution < 1.29 is 8.42 Å². The number of rotatable bonds is 6. The molecule has 0 radical (unpaired) electrons. The molecule has 3 rings (SSSR count). The van der Waals surface area contributed by atoms with Crippen LogP contribution >= 0.6 is 0 Å². The predicted molar refractivity (Wildman–Crippen MR) is 106 cm³/mol. The second-order valence-electron chi connectivity index (χ2n) is 6.88. The van der Waals surface area contributed by atoms with Gasteiger partial charge in [0, 0.05) is 11.9 Å². The summed E-state index contributed by atoms with van der Waals surface area (Å²) < 4.78 is 25.9. The number of aliphatic imine (C=N–C) groups is 1. The van der Waals surface area contributed by atoms with Crippen LogP contribution in [0.25, 0.3) is 10.8 Å². The first-order chi connectivity index (χ1) is 12.5. The lowest BCUT2D eigenvalue weighted by Gasteiger charge is -2.31. The van der Waals surface area contributed by atoms with Gasteiger partial charge in [0.05, 0.1) is 4.90 Å². The fourth-order valence-corrected chi connectivity index (χ4v) is 5.24. The summed E-state index contributed by atoms with van der Waals surface area (Å²) in [5.74, 6) is 0.750. The van der Waals surface area contributed by atoms with E-state index in [1.165, 1.54) is 0 Å². The van der Waals surface area contributed by atoms with Gasteiger partial charge in [-0.05, 0) is 49.7 Å². The van der Waals surface area contributed by atoms with E-state index in [-0.39, 0.29) is 11.8 Å². The molecule has 1 heterocycles. The minimum absolute atomic E-state index is 0.0711. The van der Waals surface area contributed by atoms with Gasteiger partial charge in [-0.2, -0.15) is 0 Å². The molecular formula is C19H26N4O2S. The van der Waals surface area contributed by atoms with Gasteiger partial charge < -0.3 is 11.5 Å². The number of guanidine groups is 1. The molecule has 0 amide bonds. The summed E-state index contributed by atoms with van der Waals surface area (Å²) in [6.45, 7) is 2.22. The molecule has 1 fully saturated rings. The van der Waals surface area contributed by atoms with Crippen LogP contribution in [0.4, 0.5) is 0 Å². The normalized spacial score (nSPS) is 16.6. The van der Waals surface area contributed by atoms with Crippen molar-refractivity contribution in [2.75, 3.05) is 25.5 Å². The number of nitrogens with two attached hydrogens (primary N) is 2. The highest BCUT2D eigenvalue weighted by molar-refractivity contribution is 7.91. The van der Waals surface area contributed by atoms with Crippen molar-refractivity contribution >= 4 is 26.6 Å². The second-order valence-corrected chi connectivity index (χ2v) is 8.81. The van der Waals surface area contributed by atoms with E-state index in [1.54, 1.807) is 6.07 Å². The van der Waals surface area contributed by atoms with Crippen molar-refractivity contribution in [3.05, 3.63) is 42.5 Å². The molecule has 1 aliphatic heterocycles. The van der Waals surface area contributed by atoms with E-state index in [0.717, 1.165) is 43.1 Å². The maximum Gasteiger partial charge on any atom is 0.192 e. The number of fused-ring (bicyclic) bond motifs is 1. The Morgan fingerprint density at radius 1 is 1.08 bits per heavy atom. The van der Waals surface area contributed by atoms with Crippen LogP contribution in [0.5, 0.6) is 0 Å². The van der Waals surface area contributed by atoms with Gasteiger partial charge in [0.1, 0.15) is 5.88 Å². The van der Waals surface area contributed by atoms with Crippen molar-refractivity contribution in [1.82, 2.24) is 4.90 Å². The molecule has 1 saturated heterocycles. The number of nitrogens with zero attached hydrogens (tertiary/aromatic N) is 2. The monoisotopic (exact) mass is 374 g/mol. The van der Waals surface area contributed by atoms with Gasteiger partial charge in [-0.15, -0.1) is 0 Å². The summed E-state index contributed by atoms with van der Waals surface area (Å²) in [5, 5.41) is 1.74. The van der Waals surface area contributed by atoms with Gasteiger partial charge in [0.15, 0.2) is 15.8 Å². The van der Waals surface area contributed by atoms with Gasteiger partial charge in [-0.25, -0.2) is 8.42 Å². The molecule has 1 aliphatic rings. The number of piperidine rings is 1. The van der Waals surface area contributed by atoms with Crippen molar-refractivity contribution in [3.63, 3.8) is 0 Å². The first-order valence-electron chi connectivity index (χ1n) is 8.94. The SMILES string of the molecule is NC(N)=NCCC1CCN(CS(=O)(=O)c2cccc3ccccc23)CC1. The Morgan fingerprint density at radius 3 is 2.50 bits per heavy atom. The Morgan fingerprint density at radius 2 is 1.77 bits per heavy atom. The third kappa shape index (κ3) is 4.53. The van der Waals surface area contributed by atoms with E-state index in [1.807, 2.05) is 41.3 Å². The van der Waals surface area contributed by atoms with E-state index in [2.05, 4.69) is 4.99 Å². The maximum absolute atomic E-state index is 13.0. The molecule has 0 spiro atoms. The zero-order chi connectivity index (χ0) is 18.6. The number of likely N-dealkylation sites (tertiary alicyclic amines) is 1. The van der Waals surface area contributed by atoms with Crippen LogP contribution in [0.1, 0.15) is 19.3 Å². The summed E-state index contributed by atoms with van der Waals surface area (Å²) in [5.41, 5.74) is 10.7. The first-order valence-corrected chi connectivity index (χ1v) is 10.6. The zero-order valence-electron chi connectivity index (χ0n) is 14.8. The topological polar surface area (TPSA) is 102 Å². The maximum atomic E-state index is 13.0. The molecule has 2 aromatic carbocycles. The standard InChI is InChI=1S/C19H26N4O2S/c20-19(21)22-11-8-15-9-12-23(13-10-15)14-26(24,25)18-7-3-5-16-4-1-2-6-17(16)18/h1-7,15H,8-14H2,(H4,20,21,22). The predicted octanol–water partition coefficient (Wildman–Crippen LogP) is 1.95. The Balaban J connectivity index is 1.63. The van der Waals surface area contributed by atoms with Gasteiger partial charge in [-0.3, -0.25) is 9.89 Å². The van der Waals surface area contributed by atoms with Crippen LogP contribution in [0, 0.1) is 5.92 Å². The minimum atomic E-state index is -3.36. The Kier molecular flexibility index (Phi) is 5.78. The molecular weight excluding hydrogens is 348 g/mol. The fraction of sp³-hybridized carbons (Fsp3) is 0.421. The number of hydrogen-bond donors (Lipinski definition) is 2. The molecule has 7 heteroatoms. The summed E-state index contributed by atoms with van der Waals surface area (Å²) in [7, 11) is -3.36. The number of benzene rings is 2. The molecule has 0 saturated carbocycles. The Hall–Kier alpha value is -2.12. The van der Waals surface area contributed by atoms with E-state index in [0.29, 0.717) is 17.4 Å². The van der Waals surface area contributed by atoms with Crippen LogP contribution in [-0.2, 0) is 9.84 Å². The van der Waals surface area contributed by atoms with Gasteiger partial charge in [0.2, 0.25) is 0 Å². The molecule has 0 aliphatic carbocycles. The molecule has 2 aromatic rings. The lowest BCUT2D eigenvalue weighted by atomic mass is 9.94. The lowest BCUT2D eigenvalue weighted by molar-refractivity contribution is 0.203. The number of sulfone groups is 1. The van der Waals surface area contributed by atoms with Crippen molar-refractivity contribution in [3.8, 4) is 0 Å². The highest BCUT2D eigenvalue weighted by atomic mass is 32.2. The third-order valence-corrected chi connectivity index (χ3v) is 6.71. The average molecular weight is 375 g/mol. The quantitative estimate of drug-likeness (QED) is 0.594. The summed E-state index contributed by atoms with van der Waals surface area (Å²) in [4.78, 5) is 6.49. The molecule has 0 aromatic heterocycles. The Labute approximate surface area is 154 Å². The van der Waals surface area contributed by atoms with Crippen LogP contribution < -0.4 is 11.5 Å². The Bertz CT molecular complexity index is 878. The summed E-state index contributed by atoms with van der Waals surface area (Å²) in [6, 6.07) is 13.1. The summed E-state index contributed by atoms with van der Waals surface area (Å²) >= 11 is 0. The van der Waals surface area contributed by atoms with E-state index < -0.39 is 9.84 Å². The van der Waals surface area contributed by atoms with Crippen LogP contribution in [-0.4, -0.2) is 44.8 Å². The molecule has 6 nitrogen and oxygen atoms in total. The van der Waals surface area contributed by atoms with Crippen molar-refractivity contribution in [2.24, 2.45) is 22.4 Å². The van der Waals surface area contributed by atoms with Gasteiger partial charge >= 0.3 is 0 Å². The average Bonchev–Trinajstić information content (AvgIpc) is 2.62. The number of hydrogen-bond acceptors (Lipinski definition) is 4. The van der Waals surface area contributed by atoms with Crippen molar-refractivity contribution in [1.29, 1.82) is 0 Å². The fourth-order valence-electron chi connectivity index (χ4n) is 3.56. The lowest BCUT2D eigenvalue weighted by Crippen LogP contribution is -2.37. The smallest absolute Gasteiger partial charge is 0.192 e. The van der Waals surface area contributed by atoms with E-state index in [4.69, 9.17) is 11.5 Å². The third-order valence-electron chi connectivity index (χ3n) is 4.98. The second kappa shape index (κ2) is 8.05. The van der Waals surface area contributed by atoms with Crippen LogP contribution in [0.3, 0.4) is 0 Å². The summed E-state index contributed by atoms with van der Waals surface area (Å²) in [6.07, 6.45) is 2.90. The molecule has 0 unspecified atom stereocenters. The first kappa shape index (κ1) is 18.7. The largest absolute Gasteiger partial charge is 0.370 e. The highest BCUT2D eigenvalue weighted by Gasteiger charge is 2.25. The highest BCUT2D eigenvalue weighted by Crippen LogP contribution is 2.26. The minimum Gasteiger partial charge on any atom is -0.370 e. The van der Waals surface area contributed by atoms with E-state index in [9.17, 15) is 8.42 Å². The zero-order valence-corrected chi connectivity index (χ0v) is 15.7. The van der Waals surface area contributed by atoms with Gasteiger partial charge in [-0.1, -0.05) is 36.4 Å².